The van der Waals surface area contributed by atoms with Gasteiger partial charge >= 0.3 is 0 Å². The van der Waals surface area contributed by atoms with Crippen LogP contribution in [0.2, 0.25) is 0 Å². The average molecular weight is 281 g/mol. The van der Waals surface area contributed by atoms with E-state index in [2.05, 4.69) is 15.4 Å². The number of fused-ring (bicyclic) bond motifs is 1. The fraction of sp³-hybridized carbons (Fsp3) is 0.133. The van der Waals surface area contributed by atoms with Gasteiger partial charge in [0.25, 0.3) is 5.91 Å². The van der Waals surface area contributed by atoms with Crippen LogP contribution in [0.1, 0.15) is 21.7 Å². The molecule has 0 aliphatic carbocycles. The topological polar surface area (TPSA) is 85.3 Å². The largest absolute Gasteiger partial charge is 0.397 e. The fourth-order valence-electron chi connectivity index (χ4n) is 2.23. The predicted octanol–water partition coefficient (Wildman–Crippen LogP) is 2.18. The van der Waals surface area contributed by atoms with Gasteiger partial charge in [-0.3, -0.25) is 4.79 Å². The molecule has 2 heterocycles. The van der Waals surface area contributed by atoms with Crippen molar-refractivity contribution in [1.82, 2.24) is 14.6 Å². The van der Waals surface area contributed by atoms with E-state index in [4.69, 9.17) is 5.73 Å². The zero-order valence-electron chi connectivity index (χ0n) is 11.8. The number of nitrogens with two attached hydrogens (primary N) is 1. The van der Waals surface area contributed by atoms with E-state index in [0.717, 1.165) is 11.4 Å². The highest BCUT2D eigenvalue weighted by Crippen LogP contribution is 2.19. The van der Waals surface area contributed by atoms with Gasteiger partial charge in [-0.2, -0.15) is 5.10 Å². The van der Waals surface area contributed by atoms with E-state index in [0.29, 0.717) is 22.6 Å². The first kappa shape index (κ1) is 13.1. The van der Waals surface area contributed by atoms with Crippen molar-refractivity contribution in [3.63, 3.8) is 0 Å². The smallest absolute Gasteiger partial charge is 0.261 e. The van der Waals surface area contributed by atoms with Crippen LogP contribution >= 0.6 is 0 Å². The van der Waals surface area contributed by atoms with Gasteiger partial charge in [0.2, 0.25) is 0 Å². The number of amides is 1. The Balaban J connectivity index is 2.01. The second-order valence-corrected chi connectivity index (χ2v) is 4.87. The third kappa shape index (κ3) is 2.31. The minimum absolute atomic E-state index is 0.277. The summed E-state index contributed by atoms with van der Waals surface area (Å²) in [5, 5.41) is 6.99. The highest BCUT2D eigenvalue weighted by Gasteiger charge is 2.16. The lowest BCUT2D eigenvalue weighted by molar-refractivity contribution is 0.102. The van der Waals surface area contributed by atoms with Crippen LogP contribution in [0.3, 0.4) is 0 Å². The Bertz CT molecular complexity index is 837. The van der Waals surface area contributed by atoms with Crippen LogP contribution < -0.4 is 11.1 Å². The highest BCUT2D eigenvalue weighted by atomic mass is 16.1. The van der Waals surface area contributed by atoms with E-state index in [9.17, 15) is 4.79 Å². The lowest BCUT2D eigenvalue weighted by Gasteiger charge is -2.07. The number of nitrogen functional groups attached to an aromatic ring is 1. The molecule has 0 atom stereocenters. The van der Waals surface area contributed by atoms with Crippen molar-refractivity contribution >= 4 is 22.9 Å². The Morgan fingerprint density at radius 1 is 1.29 bits per heavy atom. The molecule has 0 saturated heterocycles. The molecule has 0 fully saturated rings. The summed E-state index contributed by atoms with van der Waals surface area (Å²) in [6, 6.07) is 9.03. The molecule has 0 aliphatic rings. The second-order valence-electron chi connectivity index (χ2n) is 4.87. The number of carbonyl (C=O) groups excluding carboxylic acids is 1. The molecule has 0 aliphatic heterocycles. The molecular weight excluding hydrogens is 266 g/mol. The van der Waals surface area contributed by atoms with Crippen LogP contribution in [0, 0.1) is 13.8 Å². The van der Waals surface area contributed by atoms with Crippen molar-refractivity contribution in [1.29, 1.82) is 0 Å². The molecule has 0 bridgehead atoms. The number of hydrogen-bond donors (Lipinski definition) is 2. The van der Waals surface area contributed by atoms with Crippen molar-refractivity contribution in [2.45, 2.75) is 13.8 Å². The van der Waals surface area contributed by atoms with Gasteiger partial charge in [0.1, 0.15) is 5.56 Å². The SMILES string of the molecule is Cc1cc(C)n2ncc(C(=O)Nc3ccccc3N)c2n1. The normalized spacial score (nSPS) is 10.8. The molecule has 6 nitrogen and oxygen atoms in total. The number of nitrogens with one attached hydrogen (secondary N) is 1. The zero-order chi connectivity index (χ0) is 15.0. The summed E-state index contributed by atoms with van der Waals surface area (Å²) < 4.78 is 1.65. The summed E-state index contributed by atoms with van der Waals surface area (Å²) in [4.78, 5) is 16.8. The Labute approximate surface area is 121 Å². The molecule has 0 saturated carbocycles. The molecule has 1 aromatic carbocycles. The quantitative estimate of drug-likeness (QED) is 0.705. The molecule has 0 spiro atoms. The van der Waals surface area contributed by atoms with Gasteiger partial charge in [-0.05, 0) is 32.0 Å². The van der Waals surface area contributed by atoms with Gasteiger partial charge in [0, 0.05) is 11.4 Å². The van der Waals surface area contributed by atoms with E-state index in [1.165, 1.54) is 6.20 Å². The summed E-state index contributed by atoms with van der Waals surface area (Å²) >= 11 is 0. The number of aromatic nitrogens is 3. The Morgan fingerprint density at radius 3 is 2.81 bits per heavy atom. The number of hydrogen-bond acceptors (Lipinski definition) is 4. The Morgan fingerprint density at radius 2 is 2.05 bits per heavy atom. The molecule has 0 unspecified atom stereocenters. The standard InChI is InChI=1S/C15H15N5O/c1-9-7-10(2)20-14(18-9)11(8-17-20)15(21)19-13-6-4-3-5-12(13)16/h3-8H,16H2,1-2H3,(H,19,21). The van der Waals surface area contributed by atoms with Crippen LogP contribution in [0.25, 0.3) is 5.65 Å². The van der Waals surface area contributed by atoms with E-state index >= 15 is 0 Å². The molecule has 106 valence electrons. The van der Waals surface area contributed by atoms with Crippen molar-refractivity contribution in [2.75, 3.05) is 11.1 Å². The monoisotopic (exact) mass is 281 g/mol. The average Bonchev–Trinajstić information content (AvgIpc) is 2.85. The lowest BCUT2D eigenvalue weighted by Crippen LogP contribution is -2.13. The highest BCUT2D eigenvalue weighted by molar-refractivity contribution is 6.09. The molecule has 2 aromatic heterocycles. The minimum atomic E-state index is -0.277. The van der Waals surface area contributed by atoms with Crippen LogP contribution in [0.15, 0.2) is 36.5 Å². The maximum Gasteiger partial charge on any atom is 0.261 e. The third-order valence-corrected chi connectivity index (χ3v) is 3.23. The Hall–Kier alpha value is -2.89. The summed E-state index contributed by atoms with van der Waals surface area (Å²) in [6.45, 7) is 3.81. The first-order valence-corrected chi connectivity index (χ1v) is 6.54. The van der Waals surface area contributed by atoms with Crippen LogP contribution in [0.4, 0.5) is 11.4 Å². The number of para-hydroxylation sites is 2. The molecular formula is C15H15N5O. The van der Waals surface area contributed by atoms with E-state index < -0.39 is 0 Å². The number of nitrogens with zero attached hydrogens (tertiary/aromatic N) is 3. The number of aryl methyl sites for hydroxylation is 2. The summed E-state index contributed by atoms with van der Waals surface area (Å²) in [6.07, 6.45) is 1.52. The van der Waals surface area contributed by atoms with Crippen molar-refractivity contribution in [3.05, 3.63) is 53.5 Å². The number of rotatable bonds is 2. The molecule has 0 radical (unpaired) electrons. The molecule has 3 N–H and O–H groups in total. The maximum atomic E-state index is 12.4. The first-order chi connectivity index (χ1) is 10.1. The van der Waals surface area contributed by atoms with Gasteiger partial charge in [0.05, 0.1) is 17.6 Å². The second kappa shape index (κ2) is 4.90. The van der Waals surface area contributed by atoms with Gasteiger partial charge in [-0.1, -0.05) is 12.1 Å². The van der Waals surface area contributed by atoms with E-state index in [-0.39, 0.29) is 5.91 Å². The maximum absolute atomic E-state index is 12.4. The minimum Gasteiger partial charge on any atom is -0.397 e. The van der Waals surface area contributed by atoms with Crippen molar-refractivity contribution in [3.8, 4) is 0 Å². The van der Waals surface area contributed by atoms with Crippen molar-refractivity contribution < 1.29 is 4.79 Å². The third-order valence-electron chi connectivity index (χ3n) is 3.23. The predicted molar refractivity (Wildman–Crippen MR) is 81.3 cm³/mol. The zero-order valence-corrected chi connectivity index (χ0v) is 11.8. The molecule has 3 aromatic rings. The van der Waals surface area contributed by atoms with Gasteiger partial charge < -0.3 is 11.1 Å². The number of carbonyl (C=O) groups is 1. The number of anilines is 2. The van der Waals surface area contributed by atoms with Crippen LogP contribution in [0.5, 0.6) is 0 Å². The molecule has 21 heavy (non-hydrogen) atoms. The first-order valence-electron chi connectivity index (χ1n) is 6.54. The van der Waals surface area contributed by atoms with Gasteiger partial charge in [-0.15, -0.1) is 0 Å². The van der Waals surface area contributed by atoms with Crippen LogP contribution in [-0.2, 0) is 0 Å². The van der Waals surface area contributed by atoms with E-state index in [1.807, 2.05) is 32.0 Å². The molecule has 3 rings (SSSR count). The number of benzene rings is 1. The van der Waals surface area contributed by atoms with E-state index in [1.54, 1.807) is 16.6 Å². The molecule has 6 heteroatoms. The van der Waals surface area contributed by atoms with Gasteiger partial charge in [0.15, 0.2) is 5.65 Å². The Kier molecular flexibility index (Phi) is 3.06. The summed E-state index contributed by atoms with van der Waals surface area (Å²) in [7, 11) is 0. The lowest BCUT2D eigenvalue weighted by atomic mass is 10.2. The molecule has 1 amide bonds. The van der Waals surface area contributed by atoms with Crippen molar-refractivity contribution in [2.24, 2.45) is 0 Å². The van der Waals surface area contributed by atoms with Gasteiger partial charge in [-0.25, -0.2) is 9.50 Å². The van der Waals surface area contributed by atoms with Crippen LogP contribution in [-0.4, -0.2) is 20.5 Å². The summed E-state index contributed by atoms with van der Waals surface area (Å²) in [5.74, 6) is -0.277. The summed E-state index contributed by atoms with van der Waals surface area (Å²) in [5.41, 5.74) is 9.65. The fourth-order valence-corrected chi connectivity index (χ4v) is 2.23.